The molecule has 0 spiro atoms. The molecule has 9 heavy (non-hydrogen) atoms. The first kappa shape index (κ1) is 8.04. The number of nitrogens with one attached hydrogen (secondary N) is 1. The maximum Gasteiger partial charge on any atom is 0.119 e. The topological polar surface area (TPSA) is 41.5 Å². The monoisotopic (exact) mass is 129 g/mol. The predicted molar refractivity (Wildman–Crippen MR) is 35.3 cm³/mol. The standard InChI is InChI=1S/C4H5NO.C2H6O/c1-2-4-6-5-3-1;1-2-3/h1-5H;3H,2H2,1H3. The molecule has 0 radical (unpaired) electrons. The zero-order chi connectivity index (χ0) is 6.95. The lowest BCUT2D eigenvalue weighted by Gasteiger charge is -1.97. The second kappa shape index (κ2) is 7.04. The van der Waals surface area contributed by atoms with E-state index in [0.29, 0.717) is 0 Å². The largest absolute Gasteiger partial charge is 0.397 e. The highest BCUT2D eigenvalue weighted by Crippen LogP contribution is 1.80. The van der Waals surface area contributed by atoms with Crippen LogP contribution in [0.15, 0.2) is 24.6 Å². The van der Waals surface area contributed by atoms with Crippen LogP contribution >= 0.6 is 0 Å². The fraction of sp³-hybridized carbons (Fsp3) is 0.333. The molecule has 0 aromatic rings. The normalized spacial score (nSPS) is 12.7. The highest BCUT2D eigenvalue weighted by Gasteiger charge is 1.72. The van der Waals surface area contributed by atoms with E-state index in [4.69, 9.17) is 5.11 Å². The summed E-state index contributed by atoms with van der Waals surface area (Å²) >= 11 is 0. The summed E-state index contributed by atoms with van der Waals surface area (Å²) in [7, 11) is 0. The second-order valence-corrected chi connectivity index (χ2v) is 1.24. The van der Waals surface area contributed by atoms with Crippen LogP contribution in [0.4, 0.5) is 0 Å². The number of hydrogen-bond acceptors (Lipinski definition) is 3. The Balaban J connectivity index is 0.000000187. The van der Waals surface area contributed by atoms with Crippen LogP contribution in [-0.2, 0) is 4.84 Å². The fourth-order valence-electron chi connectivity index (χ4n) is 0.258. The molecule has 0 saturated carbocycles. The van der Waals surface area contributed by atoms with Crippen LogP contribution < -0.4 is 5.48 Å². The van der Waals surface area contributed by atoms with Crippen LogP contribution in [0.2, 0.25) is 0 Å². The molecule has 2 N–H and O–H groups in total. The van der Waals surface area contributed by atoms with Gasteiger partial charge in [0, 0.05) is 12.8 Å². The molecule has 0 aromatic heterocycles. The van der Waals surface area contributed by atoms with Crippen LogP contribution in [0.5, 0.6) is 0 Å². The van der Waals surface area contributed by atoms with Gasteiger partial charge < -0.3 is 9.94 Å². The Morgan fingerprint density at radius 1 is 1.56 bits per heavy atom. The van der Waals surface area contributed by atoms with Crippen molar-refractivity contribution in [3.8, 4) is 0 Å². The van der Waals surface area contributed by atoms with Crippen molar-refractivity contribution in [2.75, 3.05) is 6.61 Å². The molecule has 3 heteroatoms. The average molecular weight is 129 g/mol. The zero-order valence-corrected chi connectivity index (χ0v) is 5.37. The quantitative estimate of drug-likeness (QED) is 0.501. The van der Waals surface area contributed by atoms with Gasteiger partial charge >= 0.3 is 0 Å². The summed E-state index contributed by atoms with van der Waals surface area (Å²) < 4.78 is 0. The Hall–Kier alpha value is -0.960. The number of aliphatic hydroxyl groups excluding tert-OH is 1. The average Bonchev–Trinajstić information content (AvgIpc) is 1.93. The van der Waals surface area contributed by atoms with E-state index in [1.165, 1.54) is 0 Å². The Bertz CT molecular complexity index is 87.2. The Labute approximate surface area is 54.6 Å². The van der Waals surface area contributed by atoms with Crippen LogP contribution in [0.3, 0.4) is 0 Å². The molecule has 0 atom stereocenters. The highest BCUT2D eigenvalue weighted by molar-refractivity contribution is 5.00. The van der Waals surface area contributed by atoms with Crippen molar-refractivity contribution in [1.29, 1.82) is 0 Å². The number of hydroxylamine groups is 1. The molecule has 1 rings (SSSR count). The van der Waals surface area contributed by atoms with E-state index in [-0.39, 0.29) is 6.61 Å². The third kappa shape index (κ3) is 7.04. The minimum absolute atomic E-state index is 0.250. The van der Waals surface area contributed by atoms with Crippen LogP contribution in [-0.4, -0.2) is 11.7 Å². The summed E-state index contributed by atoms with van der Waals surface area (Å²) in [6.07, 6.45) is 6.93. The van der Waals surface area contributed by atoms with Crippen molar-refractivity contribution < 1.29 is 9.94 Å². The first-order valence-electron chi connectivity index (χ1n) is 2.75. The van der Waals surface area contributed by atoms with Crippen molar-refractivity contribution >= 4 is 0 Å². The number of rotatable bonds is 0. The molecule has 1 aliphatic heterocycles. The van der Waals surface area contributed by atoms with E-state index < -0.39 is 0 Å². The summed E-state index contributed by atoms with van der Waals surface area (Å²) in [6, 6.07) is 0. The molecule has 0 bridgehead atoms. The van der Waals surface area contributed by atoms with Crippen LogP contribution in [0.25, 0.3) is 0 Å². The summed E-state index contributed by atoms with van der Waals surface area (Å²) in [5.74, 6) is 0. The molecule has 0 aliphatic carbocycles. The van der Waals surface area contributed by atoms with E-state index in [1.54, 1.807) is 25.5 Å². The van der Waals surface area contributed by atoms with Gasteiger partial charge in [-0.2, -0.15) is 0 Å². The van der Waals surface area contributed by atoms with Crippen molar-refractivity contribution in [2.24, 2.45) is 0 Å². The van der Waals surface area contributed by atoms with Crippen molar-refractivity contribution in [3.05, 3.63) is 24.6 Å². The molecule has 52 valence electrons. The van der Waals surface area contributed by atoms with Gasteiger partial charge in [-0.1, -0.05) is 0 Å². The van der Waals surface area contributed by atoms with Gasteiger partial charge in [0.15, 0.2) is 0 Å². The molecular weight excluding hydrogens is 118 g/mol. The minimum Gasteiger partial charge on any atom is -0.397 e. The molecule has 0 unspecified atom stereocenters. The number of hydrogen-bond donors (Lipinski definition) is 2. The number of allylic oxidation sites excluding steroid dienone is 2. The minimum atomic E-state index is 0.250. The van der Waals surface area contributed by atoms with Gasteiger partial charge in [-0.15, -0.1) is 0 Å². The first-order valence-corrected chi connectivity index (χ1v) is 2.75. The predicted octanol–water partition coefficient (Wildman–Crippen LogP) is 0.547. The van der Waals surface area contributed by atoms with E-state index in [0.717, 1.165) is 0 Å². The lowest BCUT2D eigenvalue weighted by molar-refractivity contribution is 0.172. The number of aliphatic hydroxyl groups is 1. The highest BCUT2D eigenvalue weighted by atomic mass is 16.6. The third-order valence-corrected chi connectivity index (χ3v) is 0.490. The van der Waals surface area contributed by atoms with Gasteiger partial charge in [0.25, 0.3) is 0 Å². The first-order chi connectivity index (χ1) is 4.41. The lowest BCUT2D eigenvalue weighted by Crippen LogP contribution is -2.01. The molecule has 1 aliphatic rings. The van der Waals surface area contributed by atoms with E-state index >= 15 is 0 Å². The smallest absolute Gasteiger partial charge is 0.119 e. The van der Waals surface area contributed by atoms with Crippen LogP contribution in [0, 0.1) is 0 Å². The van der Waals surface area contributed by atoms with Gasteiger partial charge in [-0.25, -0.2) is 5.48 Å². The van der Waals surface area contributed by atoms with Gasteiger partial charge in [-0.05, 0) is 19.1 Å². The van der Waals surface area contributed by atoms with Crippen molar-refractivity contribution in [1.82, 2.24) is 5.48 Å². The summed E-state index contributed by atoms with van der Waals surface area (Å²) in [5, 5.41) is 7.57. The lowest BCUT2D eigenvalue weighted by atomic mass is 10.6. The SMILES string of the molecule is C1=CNOC=C1.CCO. The van der Waals surface area contributed by atoms with Gasteiger partial charge in [-0.3, -0.25) is 0 Å². The molecule has 0 saturated heterocycles. The molecule has 0 fully saturated rings. The Morgan fingerprint density at radius 2 is 2.22 bits per heavy atom. The molecule has 3 nitrogen and oxygen atoms in total. The van der Waals surface area contributed by atoms with E-state index in [1.807, 2.05) is 6.08 Å². The van der Waals surface area contributed by atoms with Crippen molar-refractivity contribution in [2.45, 2.75) is 6.92 Å². The Kier molecular flexibility index (Phi) is 6.29. The second-order valence-electron chi connectivity index (χ2n) is 1.24. The summed E-state index contributed by atoms with van der Waals surface area (Å²) in [6.45, 7) is 1.93. The molecular formula is C6H11NO2. The van der Waals surface area contributed by atoms with E-state index in [9.17, 15) is 0 Å². The zero-order valence-electron chi connectivity index (χ0n) is 5.37. The van der Waals surface area contributed by atoms with Gasteiger partial charge in [0.2, 0.25) is 0 Å². The Morgan fingerprint density at radius 3 is 2.33 bits per heavy atom. The van der Waals surface area contributed by atoms with Crippen LogP contribution in [0.1, 0.15) is 6.92 Å². The molecule has 0 aromatic carbocycles. The van der Waals surface area contributed by atoms with E-state index in [2.05, 4.69) is 10.3 Å². The molecule has 1 heterocycles. The maximum absolute atomic E-state index is 7.57. The molecule has 0 amide bonds. The van der Waals surface area contributed by atoms with Gasteiger partial charge in [0.1, 0.15) is 6.26 Å². The summed E-state index contributed by atoms with van der Waals surface area (Å²) in [4.78, 5) is 4.55. The maximum atomic E-state index is 7.57. The van der Waals surface area contributed by atoms with Gasteiger partial charge in [0.05, 0.1) is 0 Å². The fourth-order valence-corrected chi connectivity index (χ4v) is 0.258. The van der Waals surface area contributed by atoms with Crippen molar-refractivity contribution in [3.63, 3.8) is 0 Å². The summed E-state index contributed by atoms with van der Waals surface area (Å²) in [5.41, 5.74) is 2.52. The third-order valence-electron chi connectivity index (χ3n) is 0.490.